The molecule has 1 fully saturated rings. The molecule has 7 heteroatoms. The van der Waals surface area contributed by atoms with Gasteiger partial charge in [-0.1, -0.05) is 0 Å². The summed E-state index contributed by atoms with van der Waals surface area (Å²) in [7, 11) is 0. The molecule has 0 aromatic rings. The normalized spacial score (nSPS) is 17.0. The Labute approximate surface area is 81.2 Å². The summed E-state index contributed by atoms with van der Waals surface area (Å²) in [5.74, 6) is -1.12. The molecule has 1 N–H and O–H groups in total. The van der Waals surface area contributed by atoms with E-state index in [0.29, 0.717) is 5.01 Å². The molecule has 1 saturated heterocycles. The highest BCUT2D eigenvalue weighted by molar-refractivity contribution is 14.1. The van der Waals surface area contributed by atoms with E-state index in [1.54, 1.807) is 0 Å². The van der Waals surface area contributed by atoms with Crippen LogP contribution in [0.4, 0.5) is 4.79 Å². The first-order valence-electron chi connectivity index (χ1n) is 3.08. The van der Waals surface area contributed by atoms with Crippen LogP contribution in [-0.4, -0.2) is 31.1 Å². The van der Waals surface area contributed by atoms with Gasteiger partial charge in [0.1, 0.15) is 0 Å². The lowest BCUT2D eigenvalue weighted by Crippen LogP contribution is -2.44. The third-order valence-electron chi connectivity index (χ3n) is 1.37. The fraction of sp³-hybridized carbons (Fsp3) is 0.400. The van der Waals surface area contributed by atoms with E-state index in [-0.39, 0.29) is 18.0 Å². The van der Waals surface area contributed by atoms with Gasteiger partial charge in [0.15, 0.2) is 0 Å². The molecule has 1 aliphatic heterocycles. The number of hydrazine groups is 1. The van der Waals surface area contributed by atoms with Crippen molar-refractivity contribution >= 4 is 38.3 Å². The van der Waals surface area contributed by atoms with Crippen molar-refractivity contribution in [1.29, 1.82) is 0 Å². The lowest BCUT2D eigenvalue weighted by Gasteiger charge is -2.20. The van der Waals surface area contributed by atoms with E-state index in [4.69, 9.17) is 5.21 Å². The van der Waals surface area contributed by atoms with Crippen molar-refractivity contribution in [3.05, 3.63) is 0 Å². The summed E-state index contributed by atoms with van der Waals surface area (Å²) >= 11 is 1.27. The lowest BCUT2D eigenvalue weighted by molar-refractivity contribution is -0.197. The standard InChI is InChI=1S/C5H5IN2O4/c6-5(11)8(12)7-3(9)1-2-4(7)10/h12H,1-2H2. The number of carbonyl (C=O) groups excluding carboxylic acids is 3. The van der Waals surface area contributed by atoms with Crippen LogP contribution < -0.4 is 0 Å². The van der Waals surface area contributed by atoms with E-state index in [1.165, 1.54) is 22.6 Å². The predicted molar refractivity (Wildman–Crippen MR) is 44.1 cm³/mol. The first-order valence-corrected chi connectivity index (χ1v) is 4.16. The van der Waals surface area contributed by atoms with E-state index < -0.39 is 15.7 Å². The zero-order chi connectivity index (χ0) is 9.30. The molecule has 1 rings (SSSR count). The van der Waals surface area contributed by atoms with Gasteiger partial charge < -0.3 is 0 Å². The van der Waals surface area contributed by atoms with Crippen LogP contribution in [0.5, 0.6) is 0 Å². The molecule has 0 saturated carbocycles. The highest BCUT2D eigenvalue weighted by Crippen LogP contribution is 2.14. The number of hydrogen-bond donors (Lipinski definition) is 1. The topological polar surface area (TPSA) is 77.9 Å². The average molecular weight is 284 g/mol. The highest BCUT2D eigenvalue weighted by Gasteiger charge is 2.35. The van der Waals surface area contributed by atoms with Gasteiger partial charge in [0.2, 0.25) is 0 Å². The molecule has 1 heterocycles. The maximum absolute atomic E-state index is 10.9. The maximum Gasteiger partial charge on any atom is 0.326 e. The number of hydrogen-bond acceptors (Lipinski definition) is 4. The highest BCUT2D eigenvalue weighted by atomic mass is 127. The number of amides is 3. The van der Waals surface area contributed by atoms with Crippen LogP contribution in [0.2, 0.25) is 0 Å². The minimum Gasteiger partial charge on any atom is -0.272 e. The molecular weight excluding hydrogens is 279 g/mol. The molecule has 0 aromatic carbocycles. The van der Waals surface area contributed by atoms with Crippen LogP contribution in [0.1, 0.15) is 12.8 Å². The summed E-state index contributed by atoms with van der Waals surface area (Å²) in [5.41, 5.74) is 0. The third-order valence-corrected chi connectivity index (χ3v) is 1.80. The molecule has 0 atom stereocenters. The molecule has 0 spiro atoms. The Morgan fingerprint density at radius 3 is 2.17 bits per heavy atom. The Hall–Kier alpha value is -0.700. The number of imide groups is 1. The molecular formula is C5H5IN2O4. The Balaban J connectivity index is 2.79. The van der Waals surface area contributed by atoms with Gasteiger partial charge in [0.05, 0.1) is 0 Å². The predicted octanol–water partition coefficient (Wildman–Crippen LogP) is 0.297. The van der Waals surface area contributed by atoms with Gasteiger partial charge in [0, 0.05) is 35.4 Å². The van der Waals surface area contributed by atoms with E-state index in [2.05, 4.69) is 0 Å². The molecule has 1 aliphatic rings. The summed E-state index contributed by atoms with van der Waals surface area (Å²) in [6, 6.07) is 0. The summed E-state index contributed by atoms with van der Waals surface area (Å²) in [5, 5.41) is 9.39. The fourth-order valence-electron chi connectivity index (χ4n) is 0.855. The fourth-order valence-corrected chi connectivity index (χ4v) is 1.07. The lowest BCUT2D eigenvalue weighted by atomic mass is 10.4. The third kappa shape index (κ3) is 1.55. The molecule has 0 aromatic heterocycles. The van der Waals surface area contributed by atoms with Gasteiger partial charge in [-0.2, -0.15) is 5.01 Å². The van der Waals surface area contributed by atoms with Crippen molar-refractivity contribution in [2.75, 3.05) is 0 Å². The summed E-state index contributed by atoms with van der Waals surface area (Å²) in [6.07, 6.45) is 0.0830. The quantitative estimate of drug-likeness (QED) is 0.187. The zero-order valence-corrected chi connectivity index (χ0v) is 8.02. The van der Waals surface area contributed by atoms with Crippen molar-refractivity contribution in [3.63, 3.8) is 0 Å². The Morgan fingerprint density at radius 1 is 1.42 bits per heavy atom. The minimum atomic E-state index is -0.795. The molecule has 0 bridgehead atoms. The second-order valence-corrected chi connectivity index (χ2v) is 3.06. The Kier molecular flexibility index (Phi) is 2.62. The monoisotopic (exact) mass is 284 g/mol. The zero-order valence-electron chi connectivity index (χ0n) is 5.86. The van der Waals surface area contributed by atoms with Crippen molar-refractivity contribution in [2.45, 2.75) is 12.8 Å². The summed E-state index contributed by atoms with van der Waals surface area (Å²) in [4.78, 5) is 32.3. The molecule has 0 aliphatic carbocycles. The van der Waals surface area contributed by atoms with Crippen LogP contribution in [0.3, 0.4) is 0 Å². The van der Waals surface area contributed by atoms with Crippen molar-refractivity contribution < 1.29 is 19.6 Å². The van der Waals surface area contributed by atoms with Crippen LogP contribution >= 0.6 is 22.6 Å². The SMILES string of the molecule is O=C(I)N(O)N1C(=O)CCC1=O. The Morgan fingerprint density at radius 2 is 1.83 bits per heavy atom. The molecule has 12 heavy (non-hydrogen) atoms. The second-order valence-electron chi connectivity index (χ2n) is 2.14. The summed E-state index contributed by atoms with van der Waals surface area (Å²) in [6.45, 7) is 0. The van der Waals surface area contributed by atoms with Gasteiger partial charge in [-0.15, -0.1) is 5.17 Å². The number of hydroxylamine groups is 1. The van der Waals surface area contributed by atoms with Crippen LogP contribution in [-0.2, 0) is 9.59 Å². The number of halogens is 1. The Bertz CT molecular complexity index is 238. The van der Waals surface area contributed by atoms with Gasteiger partial charge >= 0.3 is 3.91 Å². The average Bonchev–Trinajstić information content (AvgIpc) is 2.30. The van der Waals surface area contributed by atoms with Crippen LogP contribution in [0.25, 0.3) is 0 Å². The van der Waals surface area contributed by atoms with Crippen LogP contribution in [0.15, 0.2) is 0 Å². The van der Waals surface area contributed by atoms with Gasteiger partial charge in [-0.05, 0) is 0 Å². The van der Waals surface area contributed by atoms with Gasteiger partial charge in [0.25, 0.3) is 11.8 Å². The first-order chi connectivity index (χ1) is 5.54. The van der Waals surface area contributed by atoms with E-state index in [0.717, 1.165) is 0 Å². The van der Waals surface area contributed by atoms with Gasteiger partial charge in [-0.25, -0.2) is 0 Å². The van der Waals surface area contributed by atoms with E-state index in [1.807, 2.05) is 0 Å². The molecule has 0 unspecified atom stereocenters. The number of nitrogens with zero attached hydrogens (tertiary/aromatic N) is 2. The molecule has 6 nitrogen and oxygen atoms in total. The van der Waals surface area contributed by atoms with Gasteiger partial charge in [-0.3, -0.25) is 19.6 Å². The largest absolute Gasteiger partial charge is 0.326 e. The second kappa shape index (κ2) is 3.35. The van der Waals surface area contributed by atoms with E-state index in [9.17, 15) is 14.4 Å². The molecule has 66 valence electrons. The first kappa shape index (κ1) is 9.39. The smallest absolute Gasteiger partial charge is 0.272 e. The molecule has 0 radical (unpaired) electrons. The molecule has 3 amide bonds. The van der Waals surface area contributed by atoms with Crippen molar-refractivity contribution in [2.24, 2.45) is 0 Å². The van der Waals surface area contributed by atoms with E-state index >= 15 is 0 Å². The summed E-state index contributed by atoms with van der Waals surface area (Å²) < 4.78 is -0.795. The number of carbonyl (C=O) groups is 3. The minimum absolute atomic E-state index is 0.0260. The maximum atomic E-state index is 10.9. The van der Waals surface area contributed by atoms with Crippen molar-refractivity contribution in [1.82, 2.24) is 10.2 Å². The van der Waals surface area contributed by atoms with Crippen molar-refractivity contribution in [3.8, 4) is 0 Å². The van der Waals surface area contributed by atoms with Crippen LogP contribution in [0, 0.1) is 0 Å². The number of rotatable bonds is 1.